The maximum atomic E-state index is 5.43. The molecule has 0 unspecified atom stereocenters. The van der Waals surface area contributed by atoms with E-state index in [-0.39, 0.29) is 0 Å². The molecule has 64 valence electrons. The van der Waals surface area contributed by atoms with Crippen molar-refractivity contribution in [1.29, 1.82) is 0 Å². The van der Waals surface area contributed by atoms with Crippen LogP contribution >= 0.6 is 15.9 Å². The second-order valence-electron chi connectivity index (χ2n) is 2.86. The highest BCUT2D eigenvalue weighted by Gasteiger charge is 2.08. The summed E-state index contributed by atoms with van der Waals surface area (Å²) in [6.07, 6.45) is 4.53. The molecule has 1 aliphatic rings. The van der Waals surface area contributed by atoms with E-state index in [4.69, 9.17) is 5.73 Å². The first-order valence-corrected chi connectivity index (χ1v) is 4.89. The molecule has 0 aromatic heterocycles. The number of nitrogens with two attached hydrogens (primary N) is 1. The molecular weight excluding hydrogens is 204 g/mol. The van der Waals surface area contributed by atoms with E-state index in [2.05, 4.69) is 26.9 Å². The summed E-state index contributed by atoms with van der Waals surface area (Å²) in [6, 6.07) is 0. The van der Waals surface area contributed by atoms with Crippen molar-refractivity contribution in [1.82, 2.24) is 4.90 Å². The van der Waals surface area contributed by atoms with Crippen molar-refractivity contribution in [3.8, 4) is 0 Å². The quantitative estimate of drug-likeness (QED) is 0.775. The van der Waals surface area contributed by atoms with Gasteiger partial charge in [-0.25, -0.2) is 0 Å². The van der Waals surface area contributed by atoms with Gasteiger partial charge in [0, 0.05) is 17.6 Å². The summed E-state index contributed by atoms with van der Waals surface area (Å²) in [5.41, 5.74) is 5.43. The second kappa shape index (κ2) is 4.91. The van der Waals surface area contributed by atoms with Crippen molar-refractivity contribution in [2.24, 2.45) is 5.73 Å². The lowest BCUT2D eigenvalue weighted by Gasteiger charge is -2.24. The van der Waals surface area contributed by atoms with Crippen LogP contribution in [0.2, 0.25) is 0 Å². The fourth-order valence-electron chi connectivity index (χ4n) is 1.27. The molecule has 0 radical (unpaired) electrons. The van der Waals surface area contributed by atoms with Crippen LogP contribution in [0.1, 0.15) is 12.8 Å². The zero-order valence-electron chi connectivity index (χ0n) is 6.72. The van der Waals surface area contributed by atoms with E-state index in [1.807, 2.05) is 0 Å². The van der Waals surface area contributed by atoms with Crippen molar-refractivity contribution in [2.75, 3.05) is 26.2 Å². The molecule has 3 heteroatoms. The standard InChI is InChI=1S/C8H15BrN2/c9-8-3-1-5-11(7-8)6-2-4-10/h3H,1-2,4-7,10H2. The predicted octanol–water partition coefficient (Wildman–Crippen LogP) is 1.32. The van der Waals surface area contributed by atoms with Gasteiger partial charge in [0.15, 0.2) is 0 Å². The second-order valence-corrected chi connectivity index (χ2v) is 3.88. The van der Waals surface area contributed by atoms with E-state index >= 15 is 0 Å². The first-order chi connectivity index (χ1) is 5.33. The fraction of sp³-hybridized carbons (Fsp3) is 0.750. The van der Waals surface area contributed by atoms with E-state index in [0.717, 1.165) is 26.1 Å². The van der Waals surface area contributed by atoms with Gasteiger partial charge in [-0.15, -0.1) is 0 Å². The Hall–Kier alpha value is 0.140. The maximum absolute atomic E-state index is 5.43. The van der Waals surface area contributed by atoms with Crippen molar-refractivity contribution >= 4 is 15.9 Å². The molecule has 0 aromatic rings. The zero-order valence-corrected chi connectivity index (χ0v) is 8.31. The average Bonchev–Trinajstić information content (AvgIpc) is 2.01. The Labute approximate surface area is 76.6 Å². The Kier molecular flexibility index (Phi) is 4.12. The number of rotatable bonds is 3. The van der Waals surface area contributed by atoms with Gasteiger partial charge in [-0.2, -0.15) is 0 Å². The van der Waals surface area contributed by atoms with Crippen LogP contribution in [-0.4, -0.2) is 31.1 Å². The van der Waals surface area contributed by atoms with Crippen molar-refractivity contribution in [2.45, 2.75) is 12.8 Å². The topological polar surface area (TPSA) is 29.3 Å². The Balaban J connectivity index is 2.21. The van der Waals surface area contributed by atoms with Gasteiger partial charge >= 0.3 is 0 Å². The minimum Gasteiger partial charge on any atom is -0.330 e. The van der Waals surface area contributed by atoms with E-state index < -0.39 is 0 Å². The van der Waals surface area contributed by atoms with Crippen molar-refractivity contribution < 1.29 is 0 Å². The lowest BCUT2D eigenvalue weighted by atomic mass is 10.2. The summed E-state index contributed by atoms with van der Waals surface area (Å²) in [6.45, 7) is 4.20. The Morgan fingerprint density at radius 2 is 2.45 bits per heavy atom. The molecule has 0 atom stereocenters. The maximum Gasteiger partial charge on any atom is 0.0296 e. The molecule has 0 spiro atoms. The predicted molar refractivity (Wildman–Crippen MR) is 51.7 cm³/mol. The molecule has 0 saturated carbocycles. The van der Waals surface area contributed by atoms with E-state index in [9.17, 15) is 0 Å². The van der Waals surface area contributed by atoms with Gasteiger partial charge in [-0.1, -0.05) is 22.0 Å². The molecule has 1 heterocycles. The Morgan fingerprint density at radius 1 is 1.64 bits per heavy atom. The van der Waals surface area contributed by atoms with Gasteiger partial charge in [0.2, 0.25) is 0 Å². The molecule has 11 heavy (non-hydrogen) atoms. The zero-order chi connectivity index (χ0) is 8.10. The summed E-state index contributed by atoms with van der Waals surface area (Å²) >= 11 is 3.51. The lowest BCUT2D eigenvalue weighted by Crippen LogP contribution is -2.30. The number of halogens is 1. The van der Waals surface area contributed by atoms with Gasteiger partial charge in [0.25, 0.3) is 0 Å². The van der Waals surface area contributed by atoms with E-state index in [1.54, 1.807) is 0 Å². The summed E-state index contributed by atoms with van der Waals surface area (Å²) < 4.78 is 1.32. The number of nitrogens with zero attached hydrogens (tertiary/aromatic N) is 1. The van der Waals surface area contributed by atoms with Crippen molar-refractivity contribution in [3.05, 3.63) is 10.6 Å². The van der Waals surface area contributed by atoms with Gasteiger partial charge in [0.05, 0.1) is 0 Å². The normalized spacial score (nSPS) is 20.0. The smallest absolute Gasteiger partial charge is 0.0296 e. The van der Waals surface area contributed by atoms with Crippen LogP contribution in [0.3, 0.4) is 0 Å². The van der Waals surface area contributed by atoms with Crippen LogP contribution < -0.4 is 5.73 Å². The molecule has 1 aliphatic heterocycles. The largest absolute Gasteiger partial charge is 0.330 e. The van der Waals surface area contributed by atoms with Gasteiger partial charge in [-0.3, -0.25) is 4.90 Å². The molecule has 0 amide bonds. The fourth-order valence-corrected chi connectivity index (χ4v) is 1.85. The first-order valence-electron chi connectivity index (χ1n) is 4.10. The van der Waals surface area contributed by atoms with Gasteiger partial charge in [-0.05, 0) is 25.9 Å². The number of hydrogen-bond donors (Lipinski definition) is 1. The molecule has 0 saturated heterocycles. The summed E-state index contributed by atoms with van der Waals surface area (Å²) in [5.74, 6) is 0. The summed E-state index contributed by atoms with van der Waals surface area (Å²) in [4.78, 5) is 2.43. The number of hydrogen-bond acceptors (Lipinski definition) is 2. The molecule has 0 bridgehead atoms. The summed E-state index contributed by atoms with van der Waals surface area (Å²) in [7, 11) is 0. The van der Waals surface area contributed by atoms with Gasteiger partial charge in [0.1, 0.15) is 0 Å². The SMILES string of the molecule is NCCCN1CCC=C(Br)C1. The highest BCUT2D eigenvalue weighted by Crippen LogP contribution is 2.14. The van der Waals surface area contributed by atoms with E-state index in [0.29, 0.717) is 0 Å². The first kappa shape index (κ1) is 9.23. The highest BCUT2D eigenvalue weighted by atomic mass is 79.9. The lowest BCUT2D eigenvalue weighted by molar-refractivity contribution is 0.295. The van der Waals surface area contributed by atoms with Crippen LogP contribution in [0.4, 0.5) is 0 Å². The molecule has 0 aromatic carbocycles. The summed E-state index contributed by atoms with van der Waals surface area (Å²) in [5, 5.41) is 0. The monoisotopic (exact) mass is 218 g/mol. The third-order valence-corrected chi connectivity index (χ3v) is 2.44. The van der Waals surface area contributed by atoms with Crippen LogP contribution in [-0.2, 0) is 0 Å². The van der Waals surface area contributed by atoms with Crippen LogP contribution in [0.5, 0.6) is 0 Å². The Bertz CT molecular complexity index is 145. The van der Waals surface area contributed by atoms with Crippen LogP contribution in [0.25, 0.3) is 0 Å². The molecule has 2 N–H and O–H groups in total. The third-order valence-electron chi connectivity index (χ3n) is 1.86. The highest BCUT2D eigenvalue weighted by molar-refractivity contribution is 9.11. The minimum absolute atomic E-state index is 0.803. The minimum atomic E-state index is 0.803. The van der Waals surface area contributed by atoms with Crippen molar-refractivity contribution in [3.63, 3.8) is 0 Å². The van der Waals surface area contributed by atoms with Crippen LogP contribution in [0, 0.1) is 0 Å². The molecular formula is C8H15BrN2. The molecule has 0 aliphatic carbocycles. The average molecular weight is 219 g/mol. The van der Waals surface area contributed by atoms with Gasteiger partial charge < -0.3 is 5.73 Å². The third kappa shape index (κ3) is 3.36. The van der Waals surface area contributed by atoms with E-state index in [1.165, 1.54) is 17.4 Å². The molecule has 1 rings (SSSR count). The Morgan fingerprint density at radius 3 is 3.09 bits per heavy atom. The van der Waals surface area contributed by atoms with Crippen LogP contribution in [0.15, 0.2) is 10.6 Å². The molecule has 0 fully saturated rings. The molecule has 2 nitrogen and oxygen atoms in total.